The predicted octanol–water partition coefficient (Wildman–Crippen LogP) is 0.353. The number of rotatable bonds is 7. The third-order valence-corrected chi connectivity index (χ3v) is 2.08. The van der Waals surface area contributed by atoms with E-state index < -0.39 is 6.29 Å². The molecule has 0 saturated heterocycles. The summed E-state index contributed by atoms with van der Waals surface area (Å²) in [4.78, 5) is 13.4. The predicted molar refractivity (Wildman–Crippen MR) is 62.8 cm³/mol. The first kappa shape index (κ1) is 14.7. The van der Waals surface area contributed by atoms with Gasteiger partial charge in [-0.15, -0.1) is 0 Å². The van der Waals surface area contributed by atoms with Crippen molar-refractivity contribution in [1.29, 1.82) is 0 Å². The molecule has 0 heterocycles. The van der Waals surface area contributed by atoms with Crippen LogP contribution in [0.15, 0.2) is 24.4 Å². The van der Waals surface area contributed by atoms with Crippen molar-refractivity contribution in [3.05, 3.63) is 24.4 Å². The molecule has 0 rings (SSSR count). The number of allylic oxidation sites excluding steroid dienone is 2. The van der Waals surface area contributed by atoms with Gasteiger partial charge in [-0.05, 0) is 6.08 Å². The molecule has 1 amide bonds. The molecular formula is C11H20N2O3. The molecule has 0 aromatic carbocycles. The highest BCUT2D eigenvalue weighted by Gasteiger charge is 2.17. The highest BCUT2D eigenvalue weighted by molar-refractivity contribution is 5.92. The lowest BCUT2D eigenvalue weighted by atomic mass is 10.3. The van der Waals surface area contributed by atoms with Gasteiger partial charge in [-0.3, -0.25) is 4.79 Å². The van der Waals surface area contributed by atoms with E-state index in [1.807, 2.05) is 0 Å². The van der Waals surface area contributed by atoms with Gasteiger partial charge in [-0.25, -0.2) is 0 Å². The van der Waals surface area contributed by atoms with Crippen molar-refractivity contribution >= 4 is 5.91 Å². The molecule has 0 fully saturated rings. The highest BCUT2D eigenvalue weighted by atomic mass is 16.7. The van der Waals surface area contributed by atoms with E-state index in [0.29, 0.717) is 12.2 Å². The number of methoxy groups -OCH3 is 2. The van der Waals surface area contributed by atoms with Crippen LogP contribution in [0.4, 0.5) is 0 Å². The van der Waals surface area contributed by atoms with E-state index in [1.54, 1.807) is 26.2 Å². The molecule has 0 aliphatic rings. The monoisotopic (exact) mass is 228 g/mol. The van der Waals surface area contributed by atoms with E-state index in [4.69, 9.17) is 9.47 Å². The third kappa shape index (κ3) is 4.46. The molecule has 0 radical (unpaired) electrons. The van der Waals surface area contributed by atoms with E-state index in [2.05, 4.69) is 11.9 Å². The van der Waals surface area contributed by atoms with Crippen molar-refractivity contribution in [3.63, 3.8) is 0 Å². The molecule has 16 heavy (non-hydrogen) atoms. The first-order valence-electron chi connectivity index (χ1n) is 4.92. The summed E-state index contributed by atoms with van der Waals surface area (Å²) in [5, 5.41) is 2.81. The molecule has 0 aromatic heterocycles. The summed E-state index contributed by atoms with van der Waals surface area (Å²) < 4.78 is 10.0. The second-order valence-electron chi connectivity index (χ2n) is 3.15. The minimum absolute atomic E-state index is 0.137. The van der Waals surface area contributed by atoms with Crippen LogP contribution in [-0.2, 0) is 14.3 Å². The maximum Gasteiger partial charge on any atom is 0.269 e. The minimum atomic E-state index is -0.421. The Hall–Kier alpha value is -1.33. The van der Waals surface area contributed by atoms with E-state index in [9.17, 15) is 4.79 Å². The van der Waals surface area contributed by atoms with Crippen LogP contribution in [0.2, 0.25) is 0 Å². The van der Waals surface area contributed by atoms with Crippen LogP contribution in [0.1, 0.15) is 0 Å². The van der Waals surface area contributed by atoms with Gasteiger partial charge in [-0.2, -0.15) is 0 Å². The van der Waals surface area contributed by atoms with Gasteiger partial charge in [0, 0.05) is 28.3 Å². The van der Waals surface area contributed by atoms with Gasteiger partial charge in [0.15, 0.2) is 6.29 Å². The number of carbonyl (C=O) groups is 1. The maximum absolute atomic E-state index is 11.9. The van der Waals surface area contributed by atoms with E-state index in [-0.39, 0.29) is 5.91 Å². The number of likely N-dealkylation sites (N-methyl/N-ethyl adjacent to an activating group) is 2. The SMILES string of the molecule is C=C/C=C(\NC)C(=O)N(C)CC(OC)OC. The van der Waals surface area contributed by atoms with E-state index >= 15 is 0 Å². The normalized spacial score (nSPS) is 11.4. The molecule has 0 aromatic rings. The van der Waals surface area contributed by atoms with Crippen molar-refractivity contribution in [2.45, 2.75) is 6.29 Å². The summed E-state index contributed by atoms with van der Waals surface area (Å²) in [5.74, 6) is -0.137. The Kier molecular flexibility index (Phi) is 7.24. The van der Waals surface area contributed by atoms with Crippen LogP contribution in [0.3, 0.4) is 0 Å². The van der Waals surface area contributed by atoms with Gasteiger partial charge in [0.25, 0.3) is 5.91 Å². The fraction of sp³-hybridized carbons (Fsp3) is 0.545. The number of nitrogens with zero attached hydrogens (tertiary/aromatic N) is 1. The molecule has 5 heteroatoms. The Balaban J connectivity index is 4.47. The van der Waals surface area contributed by atoms with E-state index in [1.165, 1.54) is 19.1 Å². The Bertz CT molecular complexity index is 260. The number of nitrogens with one attached hydrogen (secondary N) is 1. The summed E-state index contributed by atoms with van der Waals surface area (Å²) in [6.45, 7) is 3.91. The second kappa shape index (κ2) is 7.90. The molecular weight excluding hydrogens is 208 g/mol. The standard InChI is InChI=1S/C11H20N2O3/c1-6-7-9(12-2)11(14)13(3)8-10(15-4)16-5/h6-7,10,12H,1,8H2,2-5H3/b9-7-. The number of hydrogen-bond donors (Lipinski definition) is 1. The van der Waals surface area contributed by atoms with Gasteiger partial charge in [0.2, 0.25) is 0 Å². The fourth-order valence-corrected chi connectivity index (χ4v) is 1.14. The molecule has 0 aliphatic carbocycles. The molecule has 0 bridgehead atoms. The van der Waals surface area contributed by atoms with Gasteiger partial charge in [0.1, 0.15) is 0 Å². The summed E-state index contributed by atoms with van der Waals surface area (Å²) in [7, 11) is 6.43. The van der Waals surface area contributed by atoms with Crippen molar-refractivity contribution in [2.24, 2.45) is 0 Å². The Morgan fingerprint density at radius 2 is 2.06 bits per heavy atom. The van der Waals surface area contributed by atoms with Crippen LogP contribution < -0.4 is 5.32 Å². The topological polar surface area (TPSA) is 50.8 Å². The van der Waals surface area contributed by atoms with Crippen LogP contribution in [-0.4, -0.2) is 52.0 Å². The Morgan fingerprint density at radius 1 is 1.50 bits per heavy atom. The molecule has 0 atom stereocenters. The zero-order chi connectivity index (χ0) is 12.6. The van der Waals surface area contributed by atoms with Gasteiger partial charge < -0.3 is 19.7 Å². The van der Waals surface area contributed by atoms with Gasteiger partial charge >= 0.3 is 0 Å². The average molecular weight is 228 g/mol. The van der Waals surface area contributed by atoms with E-state index in [0.717, 1.165) is 0 Å². The Labute approximate surface area is 96.7 Å². The smallest absolute Gasteiger partial charge is 0.269 e. The lowest BCUT2D eigenvalue weighted by Crippen LogP contribution is -2.38. The summed E-state index contributed by atoms with van der Waals surface area (Å²) in [6, 6.07) is 0. The number of amides is 1. The molecule has 5 nitrogen and oxygen atoms in total. The molecule has 0 unspecified atom stereocenters. The van der Waals surface area contributed by atoms with Crippen molar-refractivity contribution in [3.8, 4) is 0 Å². The largest absolute Gasteiger partial charge is 0.384 e. The summed E-state index contributed by atoms with van der Waals surface area (Å²) in [6.07, 6.45) is 2.76. The molecule has 0 spiro atoms. The van der Waals surface area contributed by atoms with Gasteiger partial charge in [-0.1, -0.05) is 12.7 Å². The van der Waals surface area contributed by atoms with Gasteiger partial charge in [0.05, 0.1) is 12.2 Å². The van der Waals surface area contributed by atoms with Crippen molar-refractivity contribution in [1.82, 2.24) is 10.2 Å². The van der Waals surface area contributed by atoms with Crippen molar-refractivity contribution < 1.29 is 14.3 Å². The fourth-order valence-electron chi connectivity index (χ4n) is 1.14. The zero-order valence-electron chi connectivity index (χ0n) is 10.3. The number of hydrogen-bond acceptors (Lipinski definition) is 4. The number of ether oxygens (including phenoxy) is 2. The van der Waals surface area contributed by atoms with Crippen LogP contribution in [0, 0.1) is 0 Å². The number of carbonyl (C=O) groups excluding carboxylic acids is 1. The summed E-state index contributed by atoms with van der Waals surface area (Å²) in [5.41, 5.74) is 0.475. The minimum Gasteiger partial charge on any atom is -0.384 e. The molecule has 1 N–H and O–H groups in total. The summed E-state index contributed by atoms with van der Waals surface area (Å²) >= 11 is 0. The molecule has 0 saturated carbocycles. The average Bonchev–Trinajstić information content (AvgIpc) is 2.31. The van der Waals surface area contributed by atoms with Crippen molar-refractivity contribution in [2.75, 3.05) is 34.9 Å². The van der Waals surface area contributed by atoms with Crippen LogP contribution >= 0.6 is 0 Å². The Morgan fingerprint density at radius 3 is 2.44 bits per heavy atom. The van der Waals surface area contributed by atoms with Crippen LogP contribution in [0.25, 0.3) is 0 Å². The first-order chi connectivity index (χ1) is 7.60. The van der Waals surface area contributed by atoms with Crippen LogP contribution in [0.5, 0.6) is 0 Å². The lowest BCUT2D eigenvalue weighted by molar-refractivity contribution is -0.140. The first-order valence-corrected chi connectivity index (χ1v) is 4.92. The quantitative estimate of drug-likeness (QED) is 0.388. The molecule has 92 valence electrons. The lowest BCUT2D eigenvalue weighted by Gasteiger charge is -2.23. The third-order valence-electron chi connectivity index (χ3n) is 2.08. The highest BCUT2D eigenvalue weighted by Crippen LogP contribution is 2.00. The second-order valence-corrected chi connectivity index (χ2v) is 3.15. The zero-order valence-corrected chi connectivity index (χ0v) is 10.3. The maximum atomic E-state index is 11.9. The molecule has 0 aliphatic heterocycles.